The Morgan fingerprint density at radius 3 is 2.92 bits per heavy atom. The molecule has 3 N–H and O–H groups in total. The second-order valence-corrected chi connectivity index (χ2v) is 5.89. The zero-order chi connectivity index (χ0) is 17.1. The summed E-state index contributed by atoms with van der Waals surface area (Å²) in [6.45, 7) is 0.303. The van der Waals surface area contributed by atoms with Crippen LogP contribution in [0.3, 0.4) is 0 Å². The van der Waals surface area contributed by atoms with Crippen molar-refractivity contribution in [2.24, 2.45) is 18.7 Å². The summed E-state index contributed by atoms with van der Waals surface area (Å²) in [5.74, 6) is -0.725. The van der Waals surface area contributed by atoms with Gasteiger partial charge < -0.3 is 15.6 Å². The number of ether oxygens (including phenoxy) is 1. The molecule has 3 rings (SSSR count). The van der Waals surface area contributed by atoms with Crippen LogP contribution < -0.4 is 10.5 Å². The van der Waals surface area contributed by atoms with Crippen LogP contribution in [-0.2, 0) is 18.4 Å². The third-order valence-corrected chi connectivity index (χ3v) is 4.27. The minimum absolute atomic E-state index is 0.142. The van der Waals surface area contributed by atoms with Gasteiger partial charge in [-0.1, -0.05) is 5.21 Å². The first-order chi connectivity index (χ1) is 11.6. The first kappa shape index (κ1) is 16.3. The minimum atomic E-state index is -0.762. The molecule has 1 fully saturated rings. The minimum Gasteiger partial charge on any atom is -0.481 e. The van der Waals surface area contributed by atoms with Crippen LogP contribution in [-0.4, -0.2) is 42.1 Å². The van der Waals surface area contributed by atoms with Gasteiger partial charge in [0.2, 0.25) is 5.88 Å². The van der Waals surface area contributed by atoms with Crippen LogP contribution in [0.25, 0.3) is 11.4 Å². The number of hydrogen-bond donors (Lipinski definition) is 2. The number of aliphatic carboxylic acids is 1. The Bertz CT molecular complexity index is 714. The van der Waals surface area contributed by atoms with Gasteiger partial charge in [0.05, 0.1) is 24.0 Å². The fourth-order valence-electron chi connectivity index (χ4n) is 2.95. The van der Waals surface area contributed by atoms with Crippen LogP contribution in [0.5, 0.6) is 5.88 Å². The number of nitrogens with zero attached hydrogens (tertiary/aromatic N) is 5. The molecule has 9 heteroatoms. The largest absolute Gasteiger partial charge is 0.481 e. The summed E-state index contributed by atoms with van der Waals surface area (Å²) in [4.78, 5) is 19.7. The van der Waals surface area contributed by atoms with Gasteiger partial charge in [-0.15, -0.1) is 5.10 Å². The molecular formula is C15H20N6O3. The van der Waals surface area contributed by atoms with Crippen molar-refractivity contribution in [1.82, 2.24) is 25.0 Å². The predicted molar refractivity (Wildman–Crippen MR) is 83.9 cm³/mol. The van der Waals surface area contributed by atoms with E-state index in [9.17, 15) is 4.79 Å². The fourth-order valence-corrected chi connectivity index (χ4v) is 2.95. The average Bonchev–Trinajstić information content (AvgIpc) is 2.96. The van der Waals surface area contributed by atoms with Gasteiger partial charge in [-0.3, -0.25) is 9.48 Å². The SMILES string of the molecule is Cn1nnc(-c2cnc(O[C@H]3CCC[C@H](C(=O)O)C3)cn2)c1CN. The van der Waals surface area contributed by atoms with Crippen molar-refractivity contribution in [1.29, 1.82) is 0 Å². The van der Waals surface area contributed by atoms with E-state index in [-0.39, 0.29) is 12.0 Å². The standard InChI is InChI=1S/C15H20N6O3/c1-21-12(6-16)14(19-20-21)11-7-18-13(8-17-11)24-10-4-2-3-9(5-10)15(22)23/h7-10H,2-6,16H2,1H3,(H,22,23)/t9-,10-/m0/s1. The van der Waals surface area contributed by atoms with E-state index in [0.29, 0.717) is 36.7 Å². The molecule has 2 atom stereocenters. The summed E-state index contributed by atoms with van der Waals surface area (Å²) in [7, 11) is 1.77. The summed E-state index contributed by atoms with van der Waals surface area (Å²) in [5.41, 5.74) is 7.65. The molecule has 0 saturated heterocycles. The molecule has 1 aliphatic rings. The van der Waals surface area contributed by atoms with Gasteiger partial charge in [0.25, 0.3) is 0 Å². The number of carbonyl (C=O) groups is 1. The Labute approximate surface area is 138 Å². The molecule has 0 radical (unpaired) electrons. The molecule has 2 aromatic heterocycles. The molecule has 0 spiro atoms. The van der Waals surface area contributed by atoms with E-state index in [0.717, 1.165) is 18.5 Å². The maximum Gasteiger partial charge on any atom is 0.306 e. The second kappa shape index (κ2) is 6.91. The summed E-state index contributed by atoms with van der Waals surface area (Å²) in [6.07, 6.45) is 5.82. The first-order valence-electron chi connectivity index (χ1n) is 7.89. The number of carboxylic acid groups (broad SMARTS) is 1. The number of hydrogen-bond acceptors (Lipinski definition) is 7. The molecular weight excluding hydrogens is 312 g/mol. The molecule has 2 aromatic rings. The van der Waals surface area contributed by atoms with Gasteiger partial charge in [-0.2, -0.15) is 0 Å². The lowest BCUT2D eigenvalue weighted by molar-refractivity contribution is -0.143. The molecule has 24 heavy (non-hydrogen) atoms. The van der Waals surface area contributed by atoms with Crippen molar-refractivity contribution in [3.63, 3.8) is 0 Å². The highest BCUT2D eigenvalue weighted by Gasteiger charge is 2.28. The van der Waals surface area contributed by atoms with Crippen molar-refractivity contribution in [2.75, 3.05) is 0 Å². The van der Waals surface area contributed by atoms with Gasteiger partial charge in [0, 0.05) is 13.6 Å². The van der Waals surface area contributed by atoms with Gasteiger partial charge in [-0.25, -0.2) is 9.97 Å². The van der Waals surface area contributed by atoms with E-state index in [2.05, 4.69) is 20.3 Å². The Hall–Kier alpha value is -2.55. The maximum absolute atomic E-state index is 11.1. The van der Waals surface area contributed by atoms with E-state index in [1.54, 1.807) is 17.9 Å². The molecule has 0 aliphatic heterocycles. The van der Waals surface area contributed by atoms with Gasteiger partial charge >= 0.3 is 5.97 Å². The normalized spacial score (nSPS) is 20.8. The lowest BCUT2D eigenvalue weighted by Crippen LogP contribution is -2.29. The van der Waals surface area contributed by atoms with E-state index in [1.807, 2.05) is 0 Å². The van der Waals surface area contributed by atoms with Crippen LogP contribution in [0.1, 0.15) is 31.4 Å². The van der Waals surface area contributed by atoms with Gasteiger partial charge in [0.15, 0.2) is 0 Å². The third-order valence-electron chi connectivity index (χ3n) is 4.27. The zero-order valence-electron chi connectivity index (χ0n) is 13.4. The van der Waals surface area contributed by atoms with Gasteiger partial charge in [0.1, 0.15) is 17.5 Å². The van der Waals surface area contributed by atoms with Crippen molar-refractivity contribution in [3.8, 4) is 17.3 Å². The predicted octanol–water partition coefficient (Wildman–Crippen LogP) is 0.753. The number of aromatic nitrogens is 5. The van der Waals surface area contributed by atoms with Crippen LogP contribution >= 0.6 is 0 Å². The van der Waals surface area contributed by atoms with E-state index >= 15 is 0 Å². The lowest BCUT2D eigenvalue weighted by atomic mass is 9.87. The van der Waals surface area contributed by atoms with E-state index in [4.69, 9.17) is 15.6 Å². The highest BCUT2D eigenvalue weighted by atomic mass is 16.5. The summed E-state index contributed by atoms with van der Waals surface area (Å²) < 4.78 is 7.39. The Balaban J connectivity index is 1.69. The van der Waals surface area contributed by atoms with E-state index < -0.39 is 5.97 Å². The first-order valence-corrected chi connectivity index (χ1v) is 7.89. The summed E-state index contributed by atoms with van der Waals surface area (Å²) in [6, 6.07) is 0. The monoisotopic (exact) mass is 332 g/mol. The topological polar surface area (TPSA) is 129 Å². The van der Waals surface area contributed by atoms with Crippen molar-refractivity contribution in [3.05, 3.63) is 18.1 Å². The van der Waals surface area contributed by atoms with Gasteiger partial charge in [-0.05, 0) is 25.7 Å². The quantitative estimate of drug-likeness (QED) is 0.820. The number of aryl methyl sites for hydroxylation is 1. The Morgan fingerprint density at radius 2 is 2.25 bits per heavy atom. The Kier molecular flexibility index (Phi) is 4.70. The van der Waals surface area contributed by atoms with Crippen LogP contribution in [0.2, 0.25) is 0 Å². The van der Waals surface area contributed by atoms with Crippen molar-refractivity contribution >= 4 is 5.97 Å². The highest BCUT2D eigenvalue weighted by molar-refractivity contribution is 5.70. The smallest absolute Gasteiger partial charge is 0.306 e. The van der Waals surface area contributed by atoms with Crippen LogP contribution in [0.15, 0.2) is 12.4 Å². The maximum atomic E-state index is 11.1. The molecule has 0 bridgehead atoms. The molecule has 0 aromatic carbocycles. The molecule has 1 saturated carbocycles. The zero-order valence-corrected chi connectivity index (χ0v) is 13.4. The van der Waals surface area contributed by atoms with Crippen LogP contribution in [0, 0.1) is 5.92 Å². The summed E-state index contributed by atoms with van der Waals surface area (Å²) >= 11 is 0. The molecule has 2 heterocycles. The van der Waals surface area contributed by atoms with E-state index in [1.165, 1.54) is 6.20 Å². The molecule has 9 nitrogen and oxygen atoms in total. The molecule has 128 valence electrons. The summed E-state index contributed by atoms with van der Waals surface area (Å²) in [5, 5.41) is 17.1. The number of nitrogens with two attached hydrogens (primary N) is 1. The molecule has 0 amide bonds. The second-order valence-electron chi connectivity index (χ2n) is 5.89. The average molecular weight is 332 g/mol. The van der Waals surface area contributed by atoms with Crippen molar-refractivity contribution < 1.29 is 14.6 Å². The fraction of sp³-hybridized carbons (Fsp3) is 0.533. The Morgan fingerprint density at radius 1 is 1.42 bits per heavy atom. The molecule has 1 aliphatic carbocycles. The third kappa shape index (κ3) is 3.35. The highest BCUT2D eigenvalue weighted by Crippen LogP contribution is 2.27. The van der Waals surface area contributed by atoms with Crippen molar-refractivity contribution in [2.45, 2.75) is 38.3 Å². The number of carboxylic acids is 1. The van der Waals surface area contributed by atoms with Crippen LogP contribution in [0.4, 0.5) is 0 Å². The lowest BCUT2D eigenvalue weighted by Gasteiger charge is -2.26. The molecule has 0 unspecified atom stereocenters. The number of rotatable bonds is 5.